The van der Waals surface area contributed by atoms with Gasteiger partial charge in [-0.3, -0.25) is 4.79 Å². The quantitative estimate of drug-likeness (QED) is 0.387. The Morgan fingerprint density at radius 2 is 1.90 bits per heavy atom. The molecule has 5 atom stereocenters. The number of rotatable bonds is 9. The van der Waals surface area contributed by atoms with Crippen LogP contribution in [0.5, 0.6) is 5.88 Å². The molecule has 1 saturated carbocycles. The van der Waals surface area contributed by atoms with Crippen LogP contribution in [0.4, 0.5) is 0 Å². The highest BCUT2D eigenvalue weighted by Gasteiger charge is 2.59. The normalized spacial score (nSPS) is 26.5. The largest absolute Gasteiger partial charge is 0.481 e. The van der Waals surface area contributed by atoms with Gasteiger partial charge in [0.15, 0.2) is 0 Å². The third kappa shape index (κ3) is 5.80. The minimum Gasteiger partial charge on any atom is -0.481 e. The van der Waals surface area contributed by atoms with E-state index in [9.17, 15) is 14.7 Å². The number of nitrogens with zero attached hydrogens (tertiary/aromatic N) is 2. The second-order valence-corrected chi connectivity index (χ2v) is 13.6. The van der Waals surface area contributed by atoms with E-state index in [0.717, 1.165) is 23.1 Å². The molecule has 228 valence electrons. The van der Waals surface area contributed by atoms with E-state index in [1.54, 1.807) is 12.0 Å². The van der Waals surface area contributed by atoms with E-state index in [2.05, 4.69) is 63.1 Å². The fourth-order valence-electron chi connectivity index (χ4n) is 7.32. The maximum absolute atomic E-state index is 14.3. The monoisotopic (exact) mass is 577 g/mol. The molecule has 1 aromatic carbocycles. The maximum atomic E-state index is 14.3. The van der Waals surface area contributed by atoms with Gasteiger partial charge in [0.05, 0.1) is 13.2 Å². The first kappa shape index (κ1) is 30.5. The molecular weight excluding hydrogens is 530 g/mol. The van der Waals surface area contributed by atoms with Crippen molar-refractivity contribution >= 4 is 11.9 Å². The molecule has 2 aliphatic heterocycles. The molecule has 2 N–H and O–H groups in total. The summed E-state index contributed by atoms with van der Waals surface area (Å²) in [5.41, 5.74) is 3.85. The molecule has 8 nitrogen and oxygen atoms in total. The number of carboxylic acids is 1. The molecule has 2 aromatic rings. The highest BCUT2D eigenvalue weighted by atomic mass is 16.5. The van der Waals surface area contributed by atoms with Crippen molar-refractivity contribution in [2.45, 2.75) is 109 Å². The van der Waals surface area contributed by atoms with Gasteiger partial charge in [-0.15, -0.1) is 0 Å². The number of pyridine rings is 1. The zero-order valence-electron chi connectivity index (χ0n) is 25.9. The number of aromatic nitrogens is 1. The number of carbonyl (C=O) groups is 2. The van der Waals surface area contributed by atoms with Crippen molar-refractivity contribution in [3.63, 3.8) is 0 Å². The highest BCUT2D eigenvalue weighted by Crippen LogP contribution is 2.50. The van der Waals surface area contributed by atoms with Crippen LogP contribution in [0.25, 0.3) is 0 Å². The van der Waals surface area contributed by atoms with Crippen LogP contribution < -0.4 is 10.1 Å². The molecule has 5 unspecified atom stereocenters. The van der Waals surface area contributed by atoms with Crippen molar-refractivity contribution in [1.82, 2.24) is 15.2 Å². The van der Waals surface area contributed by atoms with E-state index in [-0.39, 0.29) is 23.8 Å². The Bertz CT molecular complexity index is 1280. The van der Waals surface area contributed by atoms with Crippen molar-refractivity contribution < 1.29 is 24.2 Å². The zero-order valence-corrected chi connectivity index (χ0v) is 25.9. The van der Waals surface area contributed by atoms with Gasteiger partial charge in [0.25, 0.3) is 5.91 Å². The minimum absolute atomic E-state index is 0.196. The van der Waals surface area contributed by atoms with Gasteiger partial charge in [-0.05, 0) is 65.7 Å². The number of nitrogens with one attached hydrogen (secondary N) is 1. The number of aliphatic carboxylic acids is 1. The van der Waals surface area contributed by atoms with Crippen LogP contribution in [0.1, 0.15) is 107 Å². The van der Waals surface area contributed by atoms with Crippen LogP contribution >= 0.6 is 0 Å². The van der Waals surface area contributed by atoms with Crippen molar-refractivity contribution in [3.05, 3.63) is 58.8 Å². The predicted molar refractivity (Wildman–Crippen MR) is 161 cm³/mol. The summed E-state index contributed by atoms with van der Waals surface area (Å²) < 4.78 is 11.5. The van der Waals surface area contributed by atoms with Crippen LogP contribution in [0.2, 0.25) is 0 Å². The third-order valence-corrected chi connectivity index (χ3v) is 9.56. The Labute approximate surface area is 250 Å². The van der Waals surface area contributed by atoms with Gasteiger partial charge in [0, 0.05) is 36.9 Å². The molecule has 1 aromatic heterocycles. The van der Waals surface area contributed by atoms with E-state index < -0.39 is 29.6 Å². The Kier molecular flexibility index (Phi) is 8.95. The maximum Gasteiger partial charge on any atom is 0.326 e. The van der Waals surface area contributed by atoms with Crippen molar-refractivity contribution in [2.24, 2.45) is 11.3 Å². The lowest BCUT2D eigenvalue weighted by Crippen LogP contribution is -2.50. The number of amides is 1. The Morgan fingerprint density at radius 3 is 2.48 bits per heavy atom. The topological polar surface area (TPSA) is 101 Å². The number of ether oxygens (including phenoxy) is 2. The van der Waals surface area contributed by atoms with Gasteiger partial charge in [0.1, 0.15) is 12.1 Å². The molecule has 5 rings (SSSR count). The fourth-order valence-corrected chi connectivity index (χ4v) is 7.32. The number of carbonyl (C=O) groups excluding carboxylic acids is 1. The average molecular weight is 578 g/mol. The Balaban J connectivity index is 1.62. The van der Waals surface area contributed by atoms with Crippen molar-refractivity contribution in [2.75, 3.05) is 13.7 Å². The lowest BCUT2D eigenvalue weighted by molar-refractivity contribution is -0.156. The van der Waals surface area contributed by atoms with Crippen LogP contribution in [-0.4, -0.2) is 58.8 Å². The summed E-state index contributed by atoms with van der Waals surface area (Å²) in [6.07, 6.45) is 6.28. The van der Waals surface area contributed by atoms with Gasteiger partial charge in [-0.2, -0.15) is 0 Å². The van der Waals surface area contributed by atoms with Crippen LogP contribution in [0.15, 0.2) is 36.5 Å². The summed E-state index contributed by atoms with van der Waals surface area (Å²) in [7, 11) is 1.63. The van der Waals surface area contributed by atoms with Gasteiger partial charge in [-0.1, -0.05) is 65.3 Å². The molecule has 0 spiro atoms. The van der Waals surface area contributed by atoms with E-state index in [1.807, 2.05) is 18.3 Å². The summed E-state index contributed by atoms with van der Waals surface area (Å²) in [5, 5.41) is 14.6. The van der Waals surface area contributed by atoms with Gasteiger partial charge in [-0.25, -0.2) is 9.78 Å². The van der Waals surface area contributed by atoms with Gasteiger partial charge in [0.2, 0.25) is 5.88 Å². The first-order valence-electron chi connectivity index (χ1n) is 15.5. The Hall–Kier alpha value is -2.97. The highest BCUT2D eigenvalue weighted by molar-refractivity contribution is 5.88. The molecule has 3 heterocycles. The standard InChI is InChI=1S/C34H47N3O5/c1-20(2)24-13-7-8-14-25(24)29-28(35-19-23-17-22(21-11-9-12-21)18-36-31(23)41-6)27(34(3,4)5)30(33(39)40)37(29)32(38)26-15-10-16-42-26/h7-8,13-14,17-18,20-21,26-30,35H,9-12,15-16,19H2,1-6H3,(H,39,40). The molecule has 42 heavy (non-hydrogen) atoms. The molecule has 2 saturated heterocycles. The third-order valence-electron chi connectivity index (χ3n) is 9.56. The lowest BCUT2D eigenvalue weighted by Gasteiger charge is -2.36. The first-order chi connectivity index (χ1) is 20.0. The van der Waals surface area contributed by atoms with Crippen LogP contribution in [-0.2, 0) is 20.9 Å². The second-order valence-electron chi connectivity index (χ2n) is 13.6. The lowest BCUT2D eigenvalue weighted by atomic mass is 9.72. The molecule has 0 radical (unpaired) electrons. The number of benzene rings is 1. The van der Waals surface area contributed by atoms with E-state index >= 15 is 0 Å². The second kappa shape index (κ2) is 12.3. The van der Waals surface area contributed by atoms with Crippen molar-refractivity contribution in [3.8, 4) is 5.88 Å². The SMILES string of the molecule is COc1ncc(C2CCC2)cc1CNC1C(c2ccccc2C(C)C)N(C(=O)C2CCCO2)C(C(=O)O)C1C(C)(C)C. The summed E-state index contributed by atoms with van der Waals surface area (Å²) in [6, 6.07) is 8.52. The summed E-state index contributed by atoms with van der Waals surface area (Å²) in [6.45, 7) is 11.5. The molecule has 0 bridgehead atoms. The number of carboxylic acid groups (broad SMARTS) is 1. The summed E-state index contributed by atoms with van der Waals surface area (Å²) >= 11 is 0. The smallest absolute Gasteiger partial charge is 0.326 e. The summed E-state index contributed by atoms with van der Waals surface area (Å²) in [4.78, 5) is 33.7. The number of likely N-dealkylation sites (tertiary alicyclic amines) is 1. The number of methoxy groups -OCH3 is 1. The van der Waals surface area contributed by atoms with Crippen molar-refractivity contribution in [1.29, 1.82) is 0 Å². The fraction of sp³-hybridized carbons (Fsp3) is 0.618. The van der Waals surface area contributed by atoms with Crippen LogP contribution in [0, 0.1) is 11.3 Å². The molecule has 1 aliphatic carbocycles. The average Bonchev–Trinajstić information content (AvgIpc) is 3.57. The predicted octanol–water partition coefficient (Wildman–Crippen LogP) is 5.82. The van der Waals surface area contributed by atoms with E-state index in [0.29, 0.717) is 31.4 Å². The van der Waals surface area contributed by atoms with E-state index in [4.69, 9.17) is 9.47 Å². The molecule has 3 aliphatic rings. The van der Waals surface area contributed by atoms with E-state index in [1.165, 1.54) is 24.8 Å². The van der Waals surface area contributed by atoms with Crippen LogP contribution in [0.3, 0.4) is 0 Å². The molecule has 8 heteroatoms. The molecular formula is C34H47N3O5. The molecule has 1 amide bonds. The summed E-state index contributed by atoms with van der Waals surface area (Å²) in [5.74, 6) is -0.298. The number of hydrogen-bond donors (Lipinski definition) is 2. The zero-order chi connectivity index (χ0) is 30.2. The van der Waals surface area contributed by atoms with Gasteiger partial charge >= 0.3 is 5.97 Å². The van der Waals surface area contributed by atoms with Gasteiger partial charge < -0.3 is 24.8 Å². The number of hydrogen-bond acceptors (Lipinski definition) is 6. The minimum atomic E-state index is -1.01. The Morgan fingerprint density at radius 1 is 1.17 bits per heavy atom. The molecule has 3 fully saturated rings. The first-order valence-corrected chi connectivity index (χ1v) is 15.5.